The Morgan fingerprint density at radius 3 is 2.28 bits per heavy atom. The minimum atomic E-state index is -0.410. The molecule has 0 aromatic heterocycles. The number of aliphatic hydroxyl groups excluding tert-OH is 1. The van der Waals surface area contributed by atoms with Crippen LogP contribution >= 0.6 is 0 Å². The van der Waals surface area contributed by atoms with Crippen LogP contribution in [-0.4, -0.2) is 40.9 Å². The van der Waals surface area contributed by atoms with Crippen molar-refractivity contribution in [1.29, 1.82) is 0 Å². The highest BCUT2D eigenvalue weighted by Gasteiger charge is 2.36. The summed E-state index contributed by atoms with van der Waals surface area (Å²) in [6.45, 7) is 2.24. The maximum absolute atomic E-state index is 13.6. The minimum absolute atomic E-state index is 0.0444. The second-order valence-electron chi connectivity index (χ2n) is 10.9. The lowest BCUT2D eigenvalue weighted by atomic mass is 10.1. The van der Waals surface area contributed by atoms with Crippen molar-refractivity contribution in [2.24, 2.45) is 0 Å². The second-order valence-corrected chi connectivity index (χ2v) is 10.9. The van der Waals surface area contributed by atoms with E-state index in [2.05, 4.69) is 12.1 Å². The number of anilines is 1. The Labute approximate surface area is 250 Å². The van der Waals surface area contributed by atoms with E-state index in [0.717, 1.165) is 18.4 Å². The molecular weight excluding hydrogens is 544 g/mol. The highest BCUT2D eigenvalue weighted by Crippen LogP contribution is 2.37. The first-order chi connectivity index (χ1) is 20.9. The summed E-state index contributed by atoms with van der Waals surface area (Å²) < 4.78 is 11.8. The molecule has 0 saturated carbocycles. The van der Waals surface area contributed by atoms with Crippen molar-refractivity contribution in [2.45, 2.75) is 45.6 Å². The maximum Gasteiger partial charge on any atom is 0.261 e. The number of amides is 3. The molecule has 0 fully saturated rings. The first-order valence-electron chi connectivity index (χ1n) is 14.3. The molecule has 0 bridgehead atoms. The average Bonchev–Trinajstić information content (AvgIpc) is 3.48. The molecule has 2 aliphatic heterocycles. The van der Waals surface area contributed by atoms with E-state index in [1.165, 1.54) is 10.5 Å². The van der Waals surface area contributed by atoms with Crippen LogP contribution in [0.5, 0.6) is 11.5 Å². The van der Waals surface area contributed by atoms with Crippen LogP contribution in [0.1, 0.15) is 66.7 Å². The normalized spacial score (nSPS) is 14.6. The van der Waals surface area contributed by atoms with E-state index in [1.807, 2.05) is 49.4 Å². The number of carbonyl (C=O) groups excluding carboxylic acids is 3. The Kier molecular flexibility index (Phi) is 7.69. The topological polar surface area (TPSA) is 96.4 Å². The van der Waals surface area contributed by atoms with Crippen molar-refractivity contribution < 1.29 is 29.0 Å². The van der Waals surface area contributed by atoms with E-state index < -0.39 is 5.91 Å². The number of rotatable bonds is 10. The Morgan fingerprint density at radius 2 is 1.51 bits per heavy atom. The molecule has 1 atom stereocenters. The van der Waals surface area contributed by atoms with Gasteiger partial charge in [0.15, 0.2) is 11.5 Å². The van der Waals surface area contributed by atoms with Gasteiger partial charge >= 0.3 is 0 Å². The van der Waals surface area contributed by atoms with Crippen LogP contribution in [0.2, 0.25) is 0 Å². The molecule has 2 heterocycles. The molecule has 0 radical (unpaired) electrons. The Morgan fingerprint density at radius 1 is 0.767 bits per heavy atom. The average molecular weight is 577 g/mol. The van der Waals surface area contributed by atoms with E-state index in [-0.39, 0.29) is 36.6 Å². The molecule has 4 aromatic carbocycles. The summed E-state index contributed by atoms with van der Waals surface area (Å²) in [7, 11) is 1.59. The molecule has 8 nitrogen and oxygen atoms in total. The summed E-state index contributed by atoms with van der Waals surface area (Å²) in [5, 5.41) is 9.42. The predicted octanol–water partition coefficient (Wildman–Crippen LogP) is 5.54. The number of ether oxygens (including phenoxy) is 2. The molecule has 8 heteroatoms. The van der Waals surface area contributed by atoms with E-state index >= 15 is 0 Å². The van der Waals surface area contributed by atoms with E-state index in [9.17, 15) is 19.5 Å². The molecule has 1 unspecified atom stereocenters. The summed E-state index contributed by atoms with van der Waals surface area (Å²) in [6.07, 6.45) is 1.64. The summed E-state index contributed by atoms with van der Waals surface area (Å²) in [4.78, 5) is 42.4. The number of benzene rings is 4. The van der Waals surface area contributed by atoms with Gasteiger partial charge in [-0.2, -0.15) is 0 Å². The SMILES string of the molecule is COc1ccc(N2Cc3ccc(CN4C(=O)c5ccc(CO)cc5C4=O)cc3C2=O)cc1OC(C)CCc1ccccc1. The molecule has 2 aliphatic rings. The zero-order valence-electron chi connectivity index (χ0n) is 24.1. The molecule has 1 N–H and O–H groups in total. The van der Waals surface area contributed by atoms with Gasteiger partial charge in [-0.3, -0.25) is 19.3 Å². The number of carbonyl (C=O) groups is 3. The highest BCUT2D eigenvalue weighted by atomic mass is 16.5. The number of hydrogen-bond acceptors (Lipinski definition) is 6. The third kappa shape index (κ3) is 5.49. The number of nitrogens with zero attached hydrogens (tertiary/aromatic N) is 2. The van der Waals surface area contributed by atoms with E-state index in [0.29, 0.717) is 46.0 Å². The largest absolute Gasteiger partial charge is 0.493 e. The van der Waals surface area contributed by atoms with Crippen LogP contribution < -0.4 is 14.4 Å². The fraction of sp³-hybridized carbons (Fsp3) is 0.229. The number of hydrogen-bond donors (Lipinski definition) is 1. The number of imide groups is 1. The van der Waals surface area contributed by atoms with Crippen molar-refractivity contribution in [3.05, 3.63) is 124 Å². The van der Waals surface area contributed by atoms with Crippen molar-refractivity contribution >= 4 is 23.4 Å². The van der Waals surface area contributed by atoms with Gasteiger partial charge < -0.3 is 19.5 Å². The summed E-state index contributed by atoms with van der Waals surface area (Å²) in [6, 6.07) is 26.0. The van der Waals surface area contributed by atoms with E-state index in [1.54, 1.807) is 42.3 Å². The molecule has 43 heavy (non-hydrogen) atoms. The van der Waals surface area contributed by atoms with Gasteiger partial charge in [0.1, 0.15) is 0 Å². The van der Waals surface area contributed by atoms with E-state index in [4.69, 9.17) is 9.47 Å². The highest BCUT2D eigenvalue weighted by molar-refractivity contribution is 6.21. The zero-order valence-corrected chi connectivity index (χ0v) is 24.1. The van der Waals surface area contributed by atoms with Crippen molar-refractivity contribution in [3.63, 3.8) is 0 Å². The molecule has 0 saturated heterocycles. The summed E-state index contributed by atoms with van der Waals surface area (Å²) in [5.74, 6) is 0.197. The summed E-state index contributed by atoms with van der Waals surface area (Å²) in [5.41, 5.74) is 5.18. The second kappa shape index (κ2) is 11.7. The molecule has 4 aromatic rings. The Bertz CT molecular complexity index is 1720. The Balaban J connectivity index is 1.17. The first-order valence-corrected chi connectivity index (χ1v) is 14.3. The van der Waals surface area contributed by atoms with Crippen LogP contribution in [0.4, 0.5) is 5.69 Å². The van der Waals surface area contributed by atoms with Crippen LogP contribution in [0.25, 0.3) is 0 Å². The fourth-order valence-corrected chi connectivity index (χ4v) is 5.63. The predicted molar refractivity (Wildman–Crippen MR) is 161 cm³/mol. The molecular formula is C35H32N2O6. The summed E-state index contributed by atoms with van der Waals surface area (Å²) >= 11 is 0. The lowest BCUT2D eigenvalue weighted by Crippen LogP contribution is -2.29. The minimum Gasteiger partial charge on any atom is -0.493 e. The lowest BCUT2D eigenvalue weighted by molar-refractivity contribution is 0.0642. The van der Waals surface area contributed by atoms with Gasteiger partial charge in [0.25, 0.3) is 17.7 Å². The van der Waals surface area contributed by atoms with Crippen LogP contribution in [0.3, 0.4) is 0 Å². The van der Waals surface area contributed by atoms with Gasteiger partial charge in [0, 0.05) is 17.3 Å². The van der Waals surface area contributed by atoms with Gasteiger partial charge in [-0.15, -0.1) is 0 Å². The smallest absolute Gasteiger partial charge is 0.261 e. The fourth-order valence-electron chi connectivity index (χ4n) is 5.63. The number of aryl methyl sites for hydroxylation is 1. The number of aliphatic hydroxyl groups is 1. The monoisotopic (exact) mass is 576 g/mol. The third-order valence-electron chi connectivity index (χ3n) is 8.01. The molecule has 3 amide bonds. The third-order valence-corrected chi connectivity index (χ3v) is 8.01. The van der Waals surface area contributed by atoms with Crippen LogP contribution in [0.15, 0.2) is 84.9 Å². The standard InChI is InChI=1S/C35H32N2O6/c1-22(8-9-23-6-4-3-5-7-23)43-32-18-27(13-15-31(32)42-2)36-20-26-12-10-24(16-29(26)34(36)40)19-37-33(39)28-14-11-25(21-38)17-30(28)35(37)41/h3-7,10-18,22,38H,8-9,19-21H2,1-2H3. The van der Waals surface area contributed by atoms with Crippen molar-refractivity contribution in [3.8, 4) is 11.5 Å². The molecule has 0 aliphatic carbocycles. The molecule has 218 valence electrons. The Hall–Kier alpha value is -4.95. The molecule has 6 rings (SSSR count). The van der Waals surface area contributed by atoms with Gasteiger partial charge in [-0.1, -0.05) is 48.5 Å². The van der Waals surface area contributed by atoms with Crippen molar-refractivity contribution in [1.82, 2.24) is 4.90 Å². The van der Waals surface area contributed by atoms with Gasteiger partial charge in [-0.25, -0.2) is 0 Å². The first kappa shape index (κ1) is 28.2. The number of methoxy groups -OCH3 is 1. The van der Waals surface area contributed by atoms with Gasteiger partial charge in [-0.05, 0) is 72.4 Å². The van der Waals surface area contributed by atoms with Crippen LogP contribution in [0, 0.1) is 0 Å². The van der Waals surface area contributed by atoms with Gasteiger partial charge in [0.05, 0.1) is 44.0 Å². The zero-order chi connectivity index (χ0) is 30.1. The lowest BCUT2D eigenvalue weighted by Gasteiger charge is -2.21. The molecule has 0 spiro atoms. The van der Waals surface area contributed by atoms with Crippen molar-refractivity contribution in [2.75, 3.05) is 12.0 Å². The van der Waals surface area contributed by atoms with Crippen LogP contribution in [-0.2, 0) is 26.1 Å². The maximum atomic E-state index is 13.6. The van der Waals surface area contributed by atoms with Gasteiger partial charge in [0.2, 0.25) is 0 Å². The number of fused-ring (bicyclic) bond motifs is 2. The quantitative estimate of drug-likeness (QED) is 0.249.